The molecule has 0 amide bonds. The van der Waals surface area contributed by atoms with Crippen LogP contribution in [-0.2, 0) is 0 Å². The van der Waals surface area contributed by atoms with Crippen molar-refractivity contribution >= 4 is 15.9 Å². The van der Waals surface area contributed by atoms with Gasteiger partial charge in [-0.25, -0.2) is 4.79 Å². The van der Waals surface area contributed by atoms with Crippen molar-refractivity contribution < 1.29 is 9.20 Å². The zero-order chi connectivity index (χ0) is 9.26. The van der Waals surface area contributed by atoms with Crippen LogP contribution in [0.4, 0.5) is 0 Å². The average molecular weight is 242 g/mol. The van der Waals surface area contributed by atoms with Crippen LogP contribution in [0.1, 0.15) is 0 Å². The highest BCUT2D eigenvalue weighted by Crippen LogP contribution is 2.01. The van der Waals surface area contributed by atoms with Gasteiger partial charge in [0.1, 0.15) is 0 Å². The molecule has 66 valence electrons. The van der Waals surface area contributed by atoms with Crippen LogP contribution in [0.2, 0.25) is 0 Å². The molecule has 0 radical (unpaired) electrons. The van der Waals surface area contributed by atoms with Crippen LogP contribution in [0, 0.1) is 0 Å². The first-order chi connectivity index (χ1) is 6.29. The summed E-state index contributed by atoms with van der Waals surface area (Å²) < 4.78 is 6.45. The van der Waals surface area contributed by atoms with Crippen molar-refractivity contribution in [3.05, 3.63) is 45.4 Å². The van der Waals surface area contributed by atoms with Gasteiger partial charge in [-0.15, -0.1) is 0 Å². The molecule has 0 spiro atoms. The summed E-state index contributed by atoms with van der Waals surface area (Å²) in [5.74, 6) is 0. The molecule has 13 heavy (non-hydrogen) atoms. The number of H-pyrrole nitrogens is 1. The molecule has 1 heterocycles. The molecule has 0 aliphatic carbocycles. The lowest BCUT2D eigenvalue weighted by Crippen LogP contribution is -2.34. The molecule has 0 aliphatic heterocycles. The van der Waals surface area contributed by atoms with Gasteiger partial charge in [-0.1, -0.05) is 18.2 Å². The topological polar surface area (TPSA) is 49.9 Å². The van der Waals surface area contributed by atoms with E-state index in [1.165, 1.54) is 4.68 Å². The fourth-order valence-corrected chi connectivity index (χ4v) is 1.36. The van der Waals surface area contributed by atoms with Gasteiger partial charge in [0.15, 0.2) is 0 Å². The number of nitrogens with zero attached hydrogens (tertiary/aromatic N) is 1. The summed E-state index contributed by atoms with van der Waals surface area (Å²) >= 11 is 3.11. The standard InChI is InChI=1S/C8H5BrN2O2/c9-7-8(12)13-10-11(7)6-4-2-1-3-5-6/h1-5H/p+1. The lowest BCUT2D eigenvalue weighted by molar-refractivity contribution is -0.680. The number of hydrogen-bond donors (Lipinski definition) is 1. The fourth-order valence-electron chi connectivity index (χ4n) is 1.00. The molecule has 0 atom stereocenters. The van der Waals surface area contributed by atoms with Crippen LogP contribution in [0.15, 0.2) is 44.3 Å². The second-order valence-corrected chi connectivity index (χ2v) is 3.19. The van der Waals surface area contributed by atoms with Crippen LogP contribution in [-0.4, -0.2) is 5.27 Å². The molecule has 1 aromatic carbocycles. The maximum Gasteiger partial charge on any atom is 0.442 e. The number of aromatic amines is 1. The van der Waals surface area contributed by atoms with E-state index in [-0.39, 0.29) is 0 Å². The van der Waals surface area contributed by atoms with Crippen molar-refractivity contribution in [3.63, 3.8) is 0 Å². The summed E-state index contributed by atoms with van der Waals surface area (Å²) in [5, 5.41) is 2.47. The second-order valence-electron chi connectivity index (χ2n) is 2.44. The van der Waals surface area contributed by atoms with E-state index in [9.17, 15) is 4.79 Å². The first-order valence-corrected chi connectivity index (χ1v) is 4.43. The molecule has 0 bridgehead atoms. The Kier molecular flexibility index (Phi) is 2.02. The third kappa shape index (κ3) is 1.42. The van der Waals surface area contributed by atoms with Gasteiger partial charge in [0, 0.05) is 28.1 Å². The van der Waals surface area contributed by atoms with E-state index in [0.717, 1.165) is 5.69 Å². The second kappa shape index (κ2) is 3.18. The molecule has 5 heteroatoms. The highest BCUT2D eigenvalue weighted by atomic mass is 79.9. The SMILES string of the molecule is O=c1o[nH][n+](-c2ccccc2)c1Br. The summed E-state index contributed by atoms with van der Waals surface area (Å²) in [6.45, 7) is 0. The van der Waals surface area contributed by atoms with Crippen LogP contribution in [0.25, 0.3) is 5.69 Å². The Bertz CT molecular complexity index is 460. The Hall–Kier alpha value is -1.36. The van der Waals surface area contributed by atoms with Crippen LogP contribution in [0.5, 0.6) is 0 Å². The monoisotopic (exact) mass is 241 g/mol. The third-order valence-corrected chi connectivity index (χ3v) is 2.29. The van der Waals surface area contributed by atoms with Gasteiger partial charge in [0.25, 0.3) is 0 Å². The first-order valence-electron chi connectivity index (χ1n) is 3.63. The van der Waals surface area contributed by atoms with Crippen molar-refractivity contribution in [2.24, 2.45) is 0 Å². The van der Waals surface area contributed by atoms with Gasteiger partial charge in [-0.3, -0.25) is 4.52 Å². The van der Waals surface area contributed by atoms with Crippen molar-refractivity contribution in [2.75, 3.05) is 0 Å². The summed E-state index contributed by atoms with van der Waals surface area (Å²) in [7, 11) is 0. The lowest BCUT2D eigenvalue weighted by Gasteiger charge is -1.86. The summed E-state index contributed by atoms with van der Waals surface area (Å²) in [5.41, 5.74) is 0.407. The summed E-state index contributed by atoms with van der Waals surface area (Å²) in [4.78, 5) is 10.9. The summed E-state index contributed by atoms with van der Waals surface area (Å²) in [6, 6.07) is 9.36. The van der Waals surface area contributed by atoms with E-state index in [1.807, 2.05) is 30.3 Å². The van der Waals surface area contributed by atoms with Crippen molar-refractivity contribution in [1.29, 1.82) is 0 Å². The van der Waals surface area contributed by atoms with Gasteiger partial charge in [-0.05, 0) is 9.95 Å². The number of hydrogen-bond acceptors (Lipinski definition) is 2. The van der Waals surface area contributed by atoms with Gasteiger partial charge in [-0.2, -0.15) is 0 Å². The van der Waals surface area contributed by atoms with Gasteiger partial charge >= 0.3 is 10.2 Å². The van der Waals surface area contributed by atoms with Crippen molar-refractivity contribution in [2.45, 2.75) is 0 Å². The van der Waals surface area contributed by atoms with Crippen molar-refractivity contribution in [3.8, 4) is 5.69 Å². The number of aromatic nitrogens is 2. The average Bonchev–Trinajstić information content (AvgIpc) is 2.49. The minimum absolute atomic E-state index is 0.346. The molecular weight excluding hydrogens is 236 g/mol. The number of para-hydroxylation sites is 1. The van der Waals surface area contributed by atoms with Gasteiger partial charge in [0.2, 0.25) is 5.69 Å². The Labute approximate surface area is 81.9 Å². The van der Waals surface area contributed by atoms with E-state index >= 15 is 0 Å². The van der Waals surface area contributed by atoms with E-state index in [1.54, 1.807) is 0 Å². The molecule has 2 rings (SSSR count). The first kappa shape index (κ1) is 8.25. The molecule has 1 N–H and O–H groups in total. The molecule has 4 nitrogen and oxygen atoms in total. The van der Waals surface area contributed by atoms with Gasteiger partial charge < -0.3 is 0 Å². The number of rotatable bonds is 1. The van der Waals surface area contributed by atoms with E-state index in [2.05, 4.69) is 25.7 Å². The zero-order valence-corrected chi connectivity index (χ0v) is 8.11. The van der Waals surface area contributed by atoms with Gasteiger partial charge in [0.05, 0.1) is 0 Å². The largest absolute Gasteiger partial charge is 0.442 e. The quantitative estimate of drug-likeness (QED) is 0.758. The van der Waals surface area contributed by atoms with E-state index in [0.29, 0.717) is 4.60 Å². The molecular formula is C8H6BrN2O2+. The smallest absolute Gasteiger partial charge is 0.282 e. The summed E-state index contributed by atoms with van der Waals surface area (Å²) in [6.07, 6.45) is 0. The Morgan fingerprint density at radius 3 is 2.54 bits per heavy atom. The molecule has 1 aromatic heterocycles. The molecule has 0 saturated carbocycles. The van der Waals surface area contributed by atoms with E-state index in [4.69, 9.17) is 0 Å². The zero-order valence-electron chi connectivity index (χ0n) is 6.53. The molecule has 0 unspecified atom stereocenters. The molecule has 0 fully saturated rings. The Morgan fingerprint density at radius 2 is 2.00 bits per heavy atom. The highest BCUT2D eigenvalue weighted by molar-refractivity contribution is 9.10. The van der Waals surface area contributed by atoms with E-state index < -0.39 is 5.63 Å². The predicted molar refractivity (Wildman–Crippen MR) is 48.6 cm³/mol. The molecule has 2 aromatic rings. The highest BCUT2D eigenvalue weighted by Gasteiger charge is 2.19. The Morgan fingerprint density at radius 1 is 1.31 bits per heavy atom. The lowest BCUT2D eigenvalue weighted by atomic mass is 10.3. The number of nitrogens with one attached hydrogen (secondary N) is 1. The van der Waals surface area contributed by atoms with Crippen LogP contribution >= 0.6 is 15.9 Å². The number of halogens is 1. The maximum absolute atomic E-state index is 10.9. The molecule has 0 saturated heterocycles. The minimum atomic E-state index is -0.427. The van der Waals surface area contributed by atoms with Crippen molar-refractivity contribution in [1.82, 2.24) is 5.27 Å². The fraction of sp³-hybridized carbons (Fsp3) is 0. The van der Waals surface area contributed by atoms with Crippen LogP contribution < -0.4 is 10.3 Å². The predicted octanol–water partition coefficient (Wildman–Crippen LogP) is 1.01. The van der Waals surface area contributed by atoms with Crippen LogP contribution in [0.3, 0.4) is 0 Å². The maximum atomic E-state index is 10.9. The third-order valence-electron chi connectivity index (χ3n) is 1.61. The molecule has 0 aliphatic rings. The normalized spacial score (nSPS) is 10.2. The Balaban J connectivity index is 2.60. The minimum Gasteiger partial charge on any atom is -0.282 e. The number of benzene rings is 1.